The zero-order valence-corrected chi connectivity index (χ0v) is 13.0. The second-order valence-corrected chi connectivity index (χ2v) is 5.67. The molecule has 0 spiro atoms. The van der Waals surface area contributed by atoms with Crippen molar-refractivity contribution in [1.82, 2.24) is 9.97 Å². The first kappa shape index (κ1) is 15.2. The van der Waals surface area contributed by atoms with E-state index in [9.17, 15) is 10.1 Å². The number of hydrogen-bond acceptors (Lipinski definition) is 6. The van der Waals surface area contributed by atoms with Crippen LogP contribution in [-0.4, -0.2) is 34.0 Å². The Balaban J connectivity index is 1.64. The van der Waals surface area contributed by atoms with Crippen molar-refractivity contribution in [3.63, 3.8) is 0 Å². The summed E-state index contributed by atoms with van der Waals surface area (Å²) in [4.78, 5) is 21.4. The first-order chi connectivity index (χ1) is 11.1. The lowest BCUT2D eigenvalue weighted by atomic mass is 10.0. The van der Waals surface area contributed by atoms with Crippen LogP contribution in [0.4, 0.5) is 17.3 Å². The van der Waals surface area contributed by atoms with Gasteiger partial charge < -0.3 is 10.2 Å². The fourth-order valence-corrected chi connectivity index (χ4v) is 2.84. The van der Waals surface area contributed by atoms with Crippen LogP contribution in [0.3, 0.4) is 0 Å². The Morgan fingerprint density at radius 2 is 2.04 bits per heavy atom. The van der Waals surface area contributed by atoms with Crippen molar-refractivity contribution in [2.75, 3.05) is 23.3 Å². The highest BCUT2D eigenvalue weighted by Crippen LogP contribution is 2.28. The maximum absolute atomic E-state index is 11.1. The highest BCUT2D eigenvalue weighted by Gasteiger charge is 2.25. The summed E-state index contributed by atoms with van der Waals surface area (Å²) in [6.45, 7) is 3.44. The summed E-state index contributed by atoms with van der Waals surface area (Å²) in [5, 5.41) is 14.6. The fourth-order valence-electron chi connectivity index (χ4n) is 2.84. The van der Waals surface area contributed by atoms with Crippen LogP contribution in [0, 0.1) is 17.0 Å². The molecule has 2 aromatic heterocycles. The highest BCUT2D eigenvalue weighted by atomic mass is 16.6. The molecule has 1 fully saturated rings. The van der Waals surface area contributed by atoms with Crippen molar-refractivity contribution in [2.24, 2.45) is 0 Å². The molecule has 0 unspecified atom stereocenters. The van der Waals surface area contributed by atoms with Gasteiger partial charge in [-0.05, 0) is 38.0 Å². The van der Waals surface area contributed by atoms with Crippen molar-refractivity contribution in [3.05, 3.63) is 52.3 Å². The number of aryl methyl sites for hydroxylation is 1. The smallest absolute Gasteiger partial charge is 0.311 e. The number of hydrogen-bond donors (Lipinski definition) is 1. The van der Waals surface area contributed by atoms with Gasteiger partial charge >= 0.3 is 5.69 Å². The summed E-state index contributed by atoms with van der Waals surface area (Å²) in [7, 11) is 0. The predicted molar refractivity (Wildman–Crippen MR) is 88.7 cm³/mol. The van der Waals surface area contributed by atoms with Crippen LogP contribution in [0.5, 0.6) is 0 Å². The summed E-state index contributed by atoms with van der Waals surface area (Å²) < 4.78 is 0. The largest absolute Gasteiger partial charge is 0.367 e. The second kappa shape index (κ2) is 6.60. The molecule has 120 valence electrons. The van der Waals surface area contributed by atoms with E-state index in [2.05, 4.69) is 15.3 Å². The first-order valence-electron chi connectivity index (χ1n) is 7.68. The van der Waals surface area contributed by atoms with E-state index in [1.54, 1.807) is 12.3 Å². The number of rotatable bonds is 4. The predicted octanol–water partition coefficient (Wildman–Crippen LogP) is 2.77. The van der Waals surface area contributed by atoms with Gasteiger partial charge in [0, 0.05) is 37.1 Å². The summed E-state index contributed by atoms with van der Waals surface area (Å²) in [6, 6.07) is 9.33. The molecule has 3 heterocycles. The van der Waals surface area contributed by atoms with Crippen molar-refractivity contribution >= 4 is 17.3 Å². The van der Waals surface area contributed by atoms with Gasteiger partial charge in [-0.1, -0.05) is 6.07 Å². The molecule has 7 nitrogen and oxygen atoms in total. The summed E-state index contributed by atoms with van der Waals surface area (Å²) in [5.74, 6) is 1.34. The SMILES string of the molecule is Cc1cccc(NC2CCN(c3ncccc3[N+](=O)[O-])CC2)n1. The minimum atomic E-state index is -0.372. The summed E-state index contributed by atoms with van der Waals surface area (Å²) >= 11 is 0. The molecule has 0 atom stereocenters. The van der Waals surface area contributed by atoms with Gasteiger partial charge in [0.2, 0.25) is 5.82 Å². The van der Waals surface area contributed by atoms with Gasteiger partial charge in [0.25, 0.3) is 0 Å². The van der Waals surface area contributed by atoms with E-state index < -0.39 is 0 Å². The molecule has 1 aliphatic heterocycles. The summed E-state index contributed by atoms with van der Waals surface area (Å²) in [6.07, 6.45) is 3.38. The molecule has 0 aliphatic carbocycles. The van der Waals surface area contributed by atoms with E-state index in [0.29, 0.717) is 11.9 Å². The number of pyridine rings is 2. The molecule has 0 radical (unpaired) electrons. The Hall–Kier alpha value is -2.70. The van der Waals surface area contributed by atoms with Gasteiger partial charge in [0.05, 0.1) is 4.92 Å². The van der Waals surface area contributed by atoms with Crippen molar-refractivity contribution in [2.45, 2.75) is 25.8 Å². The molecule has 23 heavy (non-hydrogen) atoms. The Kier molecular flexibility index (Phi) is 4.36. The lowest BCUT2D eigenvalue weighted by Crippen LogP contribution is -2.39. The number of piperidine rings is 1. The molecule has 7 heteroatoms. The van der Waals surface area contributed by atoms with Crippen molar-refractivity contribution < 1.29 is 4.92 Å². The fraction of sp³-hybridized carbons (Fsp3) is 0.375. The Morgan fingerprint density at radius 3 is 2.74 bits per heavy atom. The third kappa shape index (κ3) is 3.56. The van der Waals surface area contributed by atoms with E-state index in [1.165, 1.54) is 6.07 Å². The lowest BCUT2D eigenvalue weighted by Gasteiger charge is -2.33. The monoisotopic (exact) mass is 313 g/mol. The average Bonchev–Trinajstić information content (AvgIpc) is 2.55. The lowest BCUT2D eigenvalue weighted by molar-refractivity contribution is -0.384. The molecule has 0 amide bonds. The quantitative estimate of drug-likeness (QED) is 0.690. The van der Waals surface area contributed by atoms with Gasteiger partial charge in [-0.3, -0.25) is 10.1 Å². The van der Waals surface area contributed by atoms with Crippen LogP contribution in [0.1, 0.15) is 18.5 Å². The molecule has 0 bridgehead atoms. The third-order valence-electron chi connectivity index (χ3n) is 4.00. The van der Waals surface area contributed by atoms with Crippen molar-refractivity contribution in [3.8, 4) is 0 Å². The zero-order chi connectivity index (χ0) is 16.2. The van der Waals surface area contributed by atoms with E-state index in [-0.39, 0.29) is 10.6 Å². The van der Waals surface area contributed by atoms with Gasteiger partial charge in [0.1, 0.15) is 5.82 Å². The average molecular weight is 313 g/mol. The molecular weight excluding hydrogens is 294 g/mol. The Bertz CT molecular complexity index is 698. The van der Waals surface area contributed by atoms with E-state index >= 15 is 0 Å². The minimum absolute atomic E-state index is 0.0688. The Morgan fingerprint density at radius 1 is 1.26 bits per heavy atom. The topological polar surface area (TPSA) is 84.2 Å². The molecule has 2 aromatic rings. The molecule has 3 rings (SSSR count). The molecule has 0 aromatic carbocycles. The van der Waals surface area contributed by atoms with Crippen LogP contribution < -0.4 is 10.2 Å². The summed E-state index contributed by atoms with van der Waals surface area (Å²) in [5.41, 5.74) is 1.05. The zero-order valence-electron chi connectivity index (χ0n) is 13.0. The number of nitrogens with one attached hydrogen (secondary N) is 1. The Labute approximate surface area is 134 Å². The van der Waals surface area contributed by atoms with Gasteiger partial charge in [-0.15, -0.1) is 0 Å². The number of anilines is 2. The van der Waals surface area contributed by atoms with E-state index in [4.69, 9.17) is 0 Å². The van der Waals surface area contributed by atoms with Crippen LogP contribution in [0.15, 0.2) is 36.5 Å². The maximum Gasteiger partial charge on any atom is 0.311 e. The molecule has 1 N–H and O–H groups in total. The maximum atomic E-state index is 11.1. The number of nitro groups is 1. The van der Waals surface area contributed by atoms with E-state index in [0.717, 1.165) is 37.4 Å². The van der Waals surface area contributed by atoms with E-state index in [1.807, 2.05) is 30.0 Å². The normalized spacial score (nSPS) is 15.4. The first-order valence-corrected chi connectivity index (χ1v) is 7.68. The highest BCUT2D eigenvalue weighted by molar-refractivity contribution is 5.57. The molecule has 1 aliphatic rings. The van der Waals surface area contributed by atoms with Gasteiger partial charge in [0.15, 0.2) is 0 Å². The van der Waals surface area contributed by atoms with Gasteiger partial charge in [-0.2, -0.15) is 0 Å². The van der Waals surface area contributed by atoms with Crippen molar-refractivity contribution in [1.29, 1.82) is 0 Å². The van der Waals surface area contributed by atoms with Crippen LogP contribution >= 0.6 is 0 Å². The van der Waals surface area contributed by atoms with Crippen LogP contribution in [-0.2, 0) is 0 Å². The standard InChI is InChI=1S/C16H19N5O2/c1-12-4-2-6-15(18-12)19-13-7-10-20(11-8-13)16-14(21(22)23)5-3-9-17-16/h2-6,9,13H,7-8,10-11H2,1H3,(H,18,19). The van der Waals surface area contributed by atoms with Crippen LogP contribution in [0.25, 0.3) is 0 Å². The third-order valence-corrected chi connectivity index (χ3v) is 4.00. The molecular formula is C16H19N5O2. The molecule has 1 saturated heterocycles. The number of nitrogens with zero attached hydrogens (tertiary/aromatic N) is 4. The molecule has 0 saturated carbocycles. The van der Waals surface area contributed by atoms with Gasteiger partial charge in [-0.25, -0.2) is 9.97 Å². The minimum Gasteiger partial charge on any atom is -0.367 e. The number of aromatic nitrogens is 2. The second-order valence-electron chi connectivity index (χ2n) is 5.67. The van der Waals surface area contributed by atoms with Crippen LogP contribution in [0.2, 0.25) is 0 Å².